The molecular weight excluding hydrogens is 377 g/mol. The molecule has 0 radical (unpaired) electrons. The summed E-state index contributed by atoms with van der Waals surface area (Å²) in [5.74, 6) is 2.19. The zero-order valence-electron chi connectivity index (χ0n) is 12.3. The molecule has 0 amide bonds. The van der Waals surface area contributed by atoms with Crippen molar-refractivity contribution < 1.29 is 0 Å². The van der Waals surface area contributed by atoms with Crippen molar-refractivity contribution in [2.75, 3.05) is 6.54 Å². The Morgan fingerprint density at radius 2 is 1.86 bits per heavy atom. The van der Waals surface area contributed by atoms with E-state index < -0.39 is 0 Å². The molecule has 1 aromatic heterocycles. The Bertz CT molecular complexity index is 463. The van der Waals surface area contributed by atoms with E-state index in [0.717, 1.165) is 17.8 Å². The predicted octanol–water partition coefficient (Wildman–Crippen LogP) is 2.36. The van der Waals surface area contributed by atoms with Gasteiger partial charge in [0.25, 0.3) is 0 Å². The van der Waals surface area contributed by atoms with E-state index in [1.807, 2.05) is 12.4 Å². The second kappa shape index (κ2) is 7.91. The zero-order valence-corrected chi connectivity index (χ0v) is 14.6. The van der Waals surface area contributed by atoms with Crippen molar-refractivity contribution in [2.24, 2.45) is 10.7 Å². The van der Waals surface area contributed by atoms with Crippen LogP contribution in [0.5, 0.6) is 0 Å². The Morgan fingerprint density at radius 1 is 1.19 bits per heavy atom. The third-order valence-electron chi connectivity index (χ3n) is 4.06. The molecule has 1 aromatic rings. The fraction of sp³-hybridized carbons (Fsp3) is 0.667. The highest BCUT2D eigenvalue weighted by atomic mass is 127. The number of nitrogens with two attached hydrogens (primary N) is 1. The Kier molecular flexibility index (Phi) is 6.20. The zero-order chi connectivity index (χ0) is 13.8. The summed E-state index contributed by atoms with van der Waals surface area (Å²) in [5.41, 5.74) is 7.03. The highest BCUT2D eigenvalue weighted by molar-refractivity contribution is 14.0. The Hall–Kier alpha value is -0.920. The second-order valence-corrected chi connectivity index (χ2v) is 5.87. The first kappa shape index (κ1) is 16.5. The standard InChI is InChI=1S/C15H23N5.HI/c16-15(20-13-3-1-2-4-13)17-8-7-11-9-18-14(19-10-11)12-5-6-12;/h9-10,12-13H,1-8H2,(H3,16,17,20);1H. The lowest BCUT2D eigenvalue weighted by molar-refractivity contribution is 0.625. The number of nitrogens with one attached hydrogen (secondary N) is 1. The van der Waals surface area contributed by atoms with Gasteiger partial charge in [-0.15, -0.1) is 24.0 Å². The van der Waals surface area contributed by atoms with E-state index in [1.54, 1.807) is 0 Å². The van der Waals surface area contributed by atoms with Crippen LogP contribution in [0.15, 0.2) is 17.4 Å². The topological polar surface area (TPSA) is 76.2 Å². The fourth-order valence-electron chi connectivity index (χ4n) is 2.68. The molecule has 6 heteroatoms. The molecule has 2 aliphatic carbocycles. The lowest BCUT2D eigenvalue weighted by Gasteiger charge is -2.12. The first-order valence-electron chi connectivity index (χ1n) is 7.68. The minimum atomic E-state index is 0. The van der Waals surface area contributed by atoms with Crippen LogP contribution in [0.1, 0.15) is 55.8 Å². The molecule has 0 aliphatic heterocycles. The van der Waals surface area contributed by atoms with Crippen LogP contribution in [0, 0.1) is 0 Å². The van der Waals surface area contributed by atoms with Crippen molar-refractivity contribution in [2.45, 2.75) is 56.9 Å². The van der Waals surface area contributed by atoms with Crippen LogP contribution in [-0.4, -0.2) is 28.5 Å². The number of hydrogen-bond acceptors (Lipinski definition) is 3. The largest absolute Gasteiger partial charge is 0.370 e. The van der Waals surface area contributed by atoms with Crippen molar-refractivity contribution in [3.8, 4) is 0 Å². The van der Waals surface area contributed by atoms with E-state index in [1.165, 1.54) is 38.5 Å². The number of nitrogens with zero attached hydrogens (tertiary/aromatic N) is 3. The van der Waals surface area contributed by atoms with Gasteiger partial charge in [0.05, 0.1) is 0 Å². The summed E-state index contributed by atoms with van der Waals surface area (Å²) in [6, 6.07) is 0.528. The van der Waals surface area contributed by atoms with Gasteiger partial charge >= 0.3 is 0 Å². The average Bonchev–Trinajstić information content (AvgIpc) is 3.18. The quantitative estimate of drug-likeness (QED) is 0.451. The van der Waals surface area contributed by atoms with Crippen molar-refractivity contribution in [1.29, 1.82) is 0 Å². The molecule has 2 fully saturated rings. The maximum absolute atomic E-state index is 5.90. The van der Waals surface area contributed by atoms with Gasteiger partial charge < -0.3 is 11.1 Å². The van der Waals surface area contributed by atoms with Gasteiger partial charge in [0.2, 0.25) is 0 Å². The third-order valence-corrected chi connectivity index (χ3v) is 4.06. The number of guanidine groups is 1. The second-order valence-electron chi connectivity index (χ2n) is 5.87. The van der Waals surface area contributed by atoms with E-state index in [0.29, 0.717) is 24.5 Å². The highest BCUT2D eigenvalue weighted by Gasteiger charge is 2.25. The number of aliphatic imine (C=N–C) groups is 1. The summed E-state index contributed by atoms with van der Waals surface area (Å²) in [6.45, 7) is 0.692. The minimum Gasteiger partial charge on any atom is -0.370 e. The lowest BCUT2D eigenvalue weighted by Crippen LogP contribution is -2.38. The molecule has 116 valence electrons. The number of aromatic nitrogens is 2. The van der Waals surface area contributed by atoms with Gasteiger partial charge in [-0.2, -0.15) is 0 Å². The molecule has 1 heterocycles. The summed E-state index contributed by atoms with van der Waals surface area (Å²) in [6.07, 6.45) is 12.2. The van der Waals surface area contributed by atoms with E-state index in [2.05, 4.69) is 20.3 Å². The molecule has 0 unspecified atom stereocenters. The molecule has 5 nitrogen and oxygen atoms in total. The summed E-state index contributed by atoms with van der Waals surface area (Å²) in [7, 11) is 0. The Morgan fingerprint density at radius 3 is 2.48 bits per heavy atom. The van der Waals surface area contributed by atoms with Crippen LogP contribution >= 0.6 is 24.0 Å². The average molecular weight is 401 g/mol. The SMILES string of the molecule is I.NC(=NCCc1cnc(C2CC2)nc1)NC1CCCC1. The maximum Gasteiger partial charge on any atom is 0.188 e. The molecule has 0 aromatic carbocycles. The molecule has 0 atom stereocenters. The summed E-state index contributed by atoms with van der Waals surface area (Å²) in [4.78, 5) is 13.2. The summed E-state index contributed by atoms with van der Waals surface area (Å²) in [5, 5.41) is 3.29. The first-order valence-corrected chi connectivity index (χ1v) is 7.68. The summed E-state index contributed by atoms with van der Waals surface area (Å²) >= 11 is 0. The van der Waals surface area contributed by atoms with Crippen LogP contribution in [0.3, 0.4) is 0 Å². The number of hydrogen-bond donors (Lipinski definition) is 2. The van der Waals surface area contributed by atoms with Crippen molar-refractivity contribution in [1.82, 2.24) is 15.3 Å². The van der Waals surface area contributed by atoms with Crippen LogP contribution in [0.25, 0.3) is 0 Å². The van der Waals surface area contributed by atoms with E-state index >= 15 is 0 Å². The monoisotopic (exact) mass is 401 g/mol. The van der Waals surface area contributed by atoms with Crippen LogP contribution in [-0.2, 0) is 6.42 Å². The molecule has 2 saturated carbocycles. The molecular formula is C15H24IN5. The van der Waals surface area contributed by atoms with Gasteiger partial charge in [0.15, 0.2) is 5.96 Å². The van der Waals surface area contributed by atoms with Gasteiger partial charge in [0.1, 0.15) is 5.82 Å². The smallest absolute Gasteiger partial charge is 0.188 e. The highest BCUT2D eigenvalue weighted by Crippen LogP contribution is 2.37. The van der Waals surface area contributed by atoms with E-state index in [9.17, 15) is 0 Å². The van der Waals surface area contributed by atoms with Crippen LogP contribution in [0.2, 0.25) is 0 Å². The fourth-order valence-corrected chi connectivity index (χ4v) is 2.68. The molecule has 2 aliphatic rings. The van der Waals surface area contributed by atoms with Gasteiger partial charge in [-0.1, -0.05) is 12.8 Å². The van der Waals surface area contributed by atoms with Gasteiger partial charge in [-0.25, -0.2) is 9.97 Å². The first-order chi connectivity index (χ1) is 9.81. The number of halogens is 1. The Balaban J connectivity index is 0.00000161. The van der Waals surface area contributed by atoms with Crippen LogP contribution in [0.4, 0.5) is 0 Å². The van der Waals surface area contributed by atoms with Gasteiger partial charge in [-0.3, -0.25) is 4.99 Å². The van der Waals surface area contributed by atoms with Gasteiger partial charge in [-0.05, 0) is 37.7 Å². The molecule has 0 saturated heterocycles. The summed E-state index contributed by atoms with van der Waals surface area (Å²) < 4.78 is 0. The molecule has 3 rings (SSSR count). The molecule has 0 bridgehead atoms. The molecule has 0 spiro atoms. The van der Waals surface area contributed by atoms with Crippen molar-refractivity contribution in [3.63, 3.8) is 0 Å². The Labute approximate surface area is 143 Å². The third kappa shape index (κ3) is 5.09. The maximum atomic E-state index is 5.90. The van der Waals surface area contributed by atoms with E-state index in [4.69, 9.17) is 5.73 Å². The number of rotatable bonds is 5. The van der Waals surface area contributed by atoms with Crippen molar-refractivity contribution >= 4 is 29.9 Å². The van der Waals surface area contributed by atoms with Crippen LogP contribution < -0.4 is 11.1 Å². The van der Waals surface area contributed by atoms with Gasteiger partial charge in [0, 0.05) is 30.9 Å². The van der Waals surface area contributed by atoms with Crippen molar-refractivity contribution in [3.05, 3.63) is 23.8 Å². The predicted molar refractivity (Wildman–Crippen MR) is 95.0 cm³/mol. The molecule has 3 N–H and O–H groups in total. The molecule has 21 heavy (non-hydrogen) atoms. The minimum absolute atomic E-state index is 0. The lowest BCUT2D eigenvalue weighted by atomic mass is 10.2. The van der Waals surface area contributed by atoms with E-state index in [-0.39, 0.29) is 24.0 Å². The normalized spacial score (nSPS) is 19.3.